The predicted molar refractivity (Wildman–Crippen MR) is 89.6 cm³/mol. The van der Waals surface area contributed by atoms with Crippen molar-refractivity contribution in [3.8, 4) is 17.2 Å². The van der Waals surface area contributed by atoms with Gasteiger partial charge in [0.25, 0.3) is 5.69 Å². The molecule has 0 aromatic heterocycles. The molecule has 0 saturated carbocycles. The summed E-state index contributed by atoms with van der Waals surface area (Å²) in [6.45, 7) is 2.22. The largest absolute Gasteiger partial charge is 0.508 e. The quantitative estimate of drug-likeness (QED) is 0.597. The van der Waals surface area contributed by atoms with E-state index in [2.05, 4.69) is 5.32 Å². The van der Waals surface area contributed by atoms with Crippen molar-refractivity contribution in [1.29, 1.82) is 0 Å². The molecule has 1 atom stereocenters. The minimum atomic E-state index is -0.487. The molecule has 7 nitrogen and oxygen atoms in total. The van der Waals surface area contributed by atoms with Gasteiger partial charge in [0.1, 0.15) is 17.2 Å². The second-order valence-corrected chi connectivity index (χ2v) is 5.28. The molecule has 0 amide bonds. The molecule has 0 aliphatic heterocycles. The SMILES string of the molecule is COc1ccc(C(C)NCc2cc([N+](=O)[O-])ccc2O)c(OC)c1. The Labute approximate surface area is 140 Å². The Hall–Kier alpha value is -2.80. The zero-order chi connectivity index (χ0) is 17.7. The second-order valence-electron chi connectivity index (χ2n) is 5.28. The van der Waals surface area contributed by atoms with Gasteiger partial charge in [0, 0.05) is 41.9 Å². The number of phenols is 1. The third-order valence-corrected chi connectivity index (χ3v) is 3.78. The molecule has 0 fully saturated rings. The van der Waals surface area contributed by atoms with Crippen molar-refractivity contribution in [2.75, 3.05) is 14.2 Å². The third-order valence-electron chi connectivity index (χ3n) is 3.78. The Bertz CT molecular complexity index is 733. The van der Waals surface area contributed by atoms with E-state index in [4.69, 9.17) is 9.47 Å². The number of phenolic OH excluding ortho intramolecular Hbond substituents is 1. The number of nitro groups is 1. The lowest BCUT2D eigenvalue weighted by Gasteiger charge is -2.18. The van der Waals surface area contributed by atoms with Crippen molar-refractivity contribution >= 4 is 5.69 Å². The summed E-state index contributed by atoms with van der Waals surface area (Å²) in [4.78, 5) is 10.4. The number of benzene rings is 2. The topological polar surface area (TPSA) is 93.9 Å². The Morgan fingerprint density at radius 1 is 1.21 bits per heavy atom. The Morgan fingerprint density at radius 2 is 1.96 bits per heavy atom. The van der Waals surface area contributed by atoms with Gasteiger partial charge in [-0.15, -0.1) is 0 Å². The van der Waals surface area contributed by atoms with E-state index < -0.39 is 4.92 Å². The fourth-order valence-corrected chi connectivity index (χ4v) is 2.38. The van der Waals surface area contributed by atoms with Crippen LogP contribution in [0.5, 0.6) is 17.2 Å². The molecule has 0 bridgehead atoms. The predicted octanol–water partition coefficient (Wildman–Crippen LogP) is 3.17. The summed E-state index contributed by atoms with van der Waals surface area (Å²) in [6.07, 6.45) is 0. The third kappa shape index (κ3) is 3.94. The number of rotatable bonds is 7. The molecule has 0 saturated heterocycles. The number of nitro benzene ring substituents is 1. The highest BCUT2D eigenvalue weighted by molar-refractivity contribution is 5.44. The van der Waals surface area contributed by atoms with Gasteiger partial charge < -0.3 is 19.9 Å². The van der Waals surface area contributed by atoms with Crippen LogP contribution in [0.15, 0.2) is 36.4 Å². The van der Waals surface area contributed by atoms with Crippen LogP contribution in [0, 0.1) is 10.1 Å². The van der Waals surface area contributed by atoms with Gasteiger partial charge in [-0.3, -0.25) is 10.1 Å². The number of hydrogen-bond donors (Lipinski definition) is 2. The lowest BCUT2D eigenvalue weighted by atomic mass is 10.1. The van der Waals surface area contributed by atoms with E-state index in [1.807, 2.05) is 19.1 Å². The average molecular weight is 332 g/mol. The summed E-state index contributed by atoms with van der Waals surface area (Å²) in [6, 6.07) is 9.38. The number of nitrogens with one attached hydrogen (secondary N) is 1. The molecule has 1 unspecified atom stereocenters. The lowest BCUT2D eigenvalue weighted by molar-refractivity contribution is -0.384. The minimum Gasteiger partial charge on any atom is -0.508 e. The molecule has 0 heterocycles. The number of ether oxygens (including phenoxy) is 2. The lowest BCUT2D eigenvalue weighted by Crippen LogP contribution is -2.19. The molecule has 0 aliphatic rings. The van der Waals surface area contributed by atoms with Crippen molar-refractivity contribution in [2.24, 2.45) is 0 Å². The molecule has 2 N–H and O–H groups in total. The number of aromatic hydroxyl groups is 1. The molecule has 0 spiro atoms. The summed E-state index contributed by atoms with van der Waals surface area (Å²) in [7, 11) is 3.17. The number of non-ortho nitro benzene ring substituents is 1. The van der Waals surface area contributed by atoms with Crippen molar-refractivity contribution in [1.82, 2.24) is 5.32 Å². The van der Waals surface area contributed by atoms with E-state index in [0.29, 0.717) is 17.1 Å². The van der Waals surface area contributed by atoms with Crippen LogP contribution in [0.2, 0.25) is 0 Å². The molecule has 128 valence electrons. The molecule has 7 heteroatoms. The van der Waals surface area contributed by atoms with Crippen LogP contribution in [0.3, 0.4) is 0 Å². The standard InChI is InChI=1S/C17H20N2O5/c1-11(15-6-5-14(23-2)9-17(15)24-3)18-10-12-8-13(19(21)22)4-7-16(12)20/h4-9,11,18,20H,10H2,1-3H3. The van der Waals surface area contributed by atoms with Crippen LogP contribution in [0.25, 0.3) is 0 Å². The second kappa shape index (κ2) is 7.65. The number of hydrogen-bond acceptors (Lipinski definition) is 6. The van der Waals surface area contributed by atoms with Crippen LogP contribution in [-0.2, 0) is 6.54 Å². The van der Waals surface area contributed by atoms with Crippen molar-refractivity contribution in [3.63, 3.8) is 0 Å². The Kier molecular flexibility index (Phi) is 5.59. The first-order chi connectivity index (χ1) is 11.5. The monoisotopic (exact) mass is 332 g/mol. The van der Waals surface area contributed by atoms with Crippen molar-refractivity contribution in [2.45, 2.75) is 19.5 Å². The summed E-state index contributed by atoms with van der Waals surface area (Å²) in [5, 5.41) is 23.9. The summed E-state index contributed by atoms with van der Waals surface area (Å²) >= 11 is 0. The summed E-state index contributed by atoms with van der Waals surface area (Å²) in [5.74, 6) is 1.39. The summed E-state index contributed by atoms with van der Waals surface area (Å²) in [5.41, 5.74) is 1.33. The first kappa shape index (κ1) is 17.6. The zero-order valence-corrected chi connectivity index (χ0v) is 13.8. The van der Waals surface area contributed by atoms with Crippen molar-refractivity contribution in [3.05, 3.63) is 57.6 Å². The molecule has 0 aliphatic carbocycles. The Balaban J connectivity index is 2.15. The van der Waals surface area contributed by atoms with Crippen LogP contribution >= 0.6 is 0 Å². The van der Waals surface area contributed by atoms with Crippen LogP contribution in [-0.4, -0.2) is 24.2 Å². The highest BCUT2D eigenvalue weighted by Gasteiger charge is 2.15. The molecule has 2 rings (SSSR count). The fraction of sp³-hybridized carbons (Fsp3) is 0.294. The number of methoxy groups -OCH3 is 2. The van der Waals surface area contributed by atoms with E-state index in [1.165, 1.54) is 18.2 Å². The highest BCUT2D eigenvalue weighted by Crippen LogP contribution is 2.30. The van der Waals surface area contributed by atoms with Gasteiger partial charge in [0.2, 0.25) is 0 Å². The van der Waals surface area contributed by atoms with E-state index in [-0.39, 0.29) is 24.0 Å². The fourth-order valence-electron chi connectivity index (χ4n) is 2.38. The first-order valence-corrected chi connectivity index (χ1v) is 7.37. The van der Waals surface area contributed by atoms with Gasteiger partial charge in [-0.1, -0.05) is 6.07 Å². The summed E-state index contributed by atoms with van der Waals surface area (Å²) < 4.78 is 10.6. The molecule has 2 aromatic carbocycles. The Morgan fingerprint density at radius 3 is 2.58 bits per heavy atom. The maximum Gasteiger partial charge on any atom is 0.270 e. The van der Waals surface area contributed by atoms with E-state index in [1.54, 1.807) is 20.3 Å². The van der Waals surface area contributed by atoms with Crippen LogP contribution in [0.4, 0.5) is 5.69 Å². The molecular formula is C17H20N2O5. The molecule has 24 heavy (non-hydrogen) atoms. The normalized spacial score (nSPS) is 11.8. The van der Waals surface area contributed by atoms with E-state index >= 15 is 0 Å². The first-order valence-electron chi connectivity index (χ1n) is 7.37. The average Bonchev–Trinajstić information content (AvgIpc) is 2.59. The number of nitrogens with zero attached hydrogens (tertiary/aromatic N) is 1. The van der Waals surface area contributed by atoms with Gasteiger partial charge in [0.15, 0.2) is 0 Å². The van der Waals surface area contributed by atoms with Gasteiger partial charge in [-0.05, 0) is 19.1 Å². The minimum absolute atomic E-state index is 0.0157. The van der Waals surface area contributed by atoms with Crippen LogP contribution < -0.4 is 14.8 Å². The molecule has 2 aromatic rings. The molecular weight excluding hydrogens is 312 g/mol. The zero-order valence-electron chi connectivity index (χ0n) is 13.8. The van der Waals surface area contributed by atoms with Gasteiger partial charge in [-0.2, -0.15) is 0 Å². The van der Waals surface area contributed by atoms with Gasteiger partial charge in [-0.25, -0.2) is 0 Å². The molecule has 0 radical (unpaired) electrons. The highest BCUT2D eigenvalue weighted by atomic mass is 16.6. The maximum absolute atomic E-state index is 10.8. The van der Waals surface area contributed by atoms with E-state index in [9.17, 15) is 15.2 Å². The van der Waals surface area contributed by atoms with Crippen molar-refractivity contribution < 1.29 is 19.5 Å². The maximum atomic E-state index is 10.8. The smallest absolute Gasteiger partial charge is 0.270 e. The van der Waals surface area contributed by atoms with Gasteiger partial charge in [0.05, 0.1) is 19.1 Å². The van der Waals surface area contributed by atoms with Gasteiger partial charge >= 0.3 is 0 Å². The van der Waals surface area contributed by atoms with Crippen LogP contribution in [0.1, 0.15) is 24.1 Å². The van der Waals surface area contributed by atoms with E-state index in [0.717, 1.165) is 5.56 Å².